The first-order valence-corrected chi connectivity index (χ1v) is 4.82. The van der Waals surface area contributed by atoms with E-state index in [1.54, 1.807) is 12.3 Å². The number of aromatic nitrogens is 1. The van der Waals surface area contributed by atoms with E-state index >= 15 is 0 Å². The Hall–Kier alpha value is -2.57. The molecule has 0 aliphatic rings. The minimum atomic E-state index is -0.510. The molecule has 0 aliphatic heterocycles. The van der Waals surface area contributed by atoms with Gasteiger partial charge < -0.3 is 15.5 Å². The third kappa shape index (κ3) is 2.51. The minimum absolute atomic E-state index is 0.109. The number of nitrogens with one attached hydrogen (secondary N) is 1. The van der Waals surface area contributed by atoms with Crippen LogP contribution >= 0.6 is 0 Å². The molecule has 0 fully saturated rings. The zero-order valence-electron chi connectivity index (χ0n) is 8.79. The summed E-state index contributed by atoms with van der Waals surface area (Å²) in [5.41, 5.74) is 6.24. The fourth-order valence-electron chi connectivity index (χ4n) is 1.32. The van der Waals surface area contributed by atoms with Crippen molar-refractivity contribution in [2.24, 2.45) is 0 Å². The number of furan rings is 1. The lowest BCUT2D eigenvalue weighted by molar-refractivity contribution is -0.384. The first kappa shape index (κ1) is 10.9. The topological polar surface area (TPSA) is 107 Å². The van der Waals surface area contributed by atoms with E-state index in [2.05, 4.69) is 10.3 Å². The van der Waals surface area contributed by atoms with E-state index in [9.17, 15) is 10.1 Å². The van der Waals surface area contributed by atoms with Gasteiger partial charge in [0.2, 0.25) is 5.82 Å². The molecule has 0 amide bonds. The van der Waals surface area contributed by atoms with Crippen LogP contribution in [0.3, 0.4) is 0 Å². The van der Waals surface area contributed by atoms with E-state index in [1.165, 1.54) is 18.4 Å². The first-order chi connectivity index (χ1) is 8.16. The van der Waals surface area contributed by atoms with Gasteiger partial charge in [0.05, 0.1) is 17.4 Å². The fourth-order valence-corrected chi connectivity index (χ4v) is 1.32. The molecule has 3 N–H and O–H groups in total. The summed E-state index contributed by atoms with van der Waals surface area (Å²) in [7, 11) is 0. The van der Waals surface area contributed by atoms with Crippen LogP contribution in [0.5, 0.6) is 0 Å². The van der Waals surface area contributed by atoms with E-state index < -0.39 is 4.92 Å². The molecule has 0 aromatic carbocycles. The number of hydrogen-bond acceptors (Lipinski definition) is 6. The summed E-state index contributed by atoms with van der Waals surface area (Å²) in [6, 6.07) is 4.46. The number of nitrogen functional groups attached to an aromatic ring is 1. The van der Waals surface area contributed by atoms with Crippen molar-refractivity contribution in [1.29, 1.82) is 0 Å². The second-order valence-electron chi connectivity index (χ2n) is 3.35. The number of nitro groups is 1. The summed E-state index contributed by atoms with van der Waals surface area (Å²) in [5, 5.41) is 13.6. The predicted molar refractivity (Wildman–Crippen MR) is 61.3 cm³/mol. The van der Waals surface area contributed by atoms with Crippen molar-refractivity contribution in [3.8, 4) is 0 Å². The largest absolute Gasteiger partial charge is 0.472 e. The van der Waals surface area contributed by atoms with Crippen molar-refractivity contribution < 1.29 is 9.34 Å². The summed E-state index contributed by atoms with van der Waals surface area (Å²) >= 11 is 0. The molecule has 7 nitrogen and oxygen atoms in total. The van der Waals surface area contributed by atoms with Crippen LogP contribution in [0, 0.1) is 10.1 Å². The van der Waals surface area contributed by atoms with Gasteiger partial charge in [0.15, 0.2) is 0 Å². The Balaban J connectivity index is 2.19. The van der Waals surface area contributed by atoms with E-state index in [1.807, 2.05) is 0 Å². The lowest BCUT2D eigenvalue weighted by atomic mass is 10.3. The van der Waals surface area contributed by atoms with Crippen molar-refractivity contribution in [3.05, 3.63) is 46.4 Å². The predicted octanol–water partition coefficient (Wildman–Crippen LogP) is 1.78. The molecule has 2 aromatic heterocycles. The zero-order chi connectivity index (χ0) is 12.3. The van der Waals surface area contributed by atoms with Crippen LogP contribution in [-0.2, 0) is 6.54 Å². The molecular weight excluding hydrogens is 224 g/mol. The molecule has 2 rings (SSSR count). The number of hydrogen-bond donors (Lipinski definition) is 2. The average molecular weight is 234 g/mol. The molecule has 0 saturated heterocycles. The highest BCUT2D eigenvalue weighted by Gasteiger charge is 2.15. The van der Waals surface area contributed by atoms with Gasteiger partial charge in [-0.1, -0.05) is 0 Å². The Kier molecular flexibility index (Phi) is 2.91. The average Bonchev–Trinajstić information content (AvgIpc) is 2.78. The van der Waals surface area contributed by atoms with Gasteiger partial charge in [0.25, 0.3) is 0 Å². The van der Waals surface area contributed by atoms with Crippen molar-refractivity contribution >= 4 is 17.3 Å². The van der Waals surface area contributed by atoms with Crippen LogP contribution in [0.25, 0.3) is 0 Å². The normalized spacial score (nSPS) is 10.1. The lowest BCUT2D eigenvalue weighted by Gasteiger charge is -2.05. The quantitative estimate of drug-likeness (QED) is 0.616. The molecule has 2 heterocycles. The van der Waals surface area contributed by atoms with E-state index in [4.69, 9.17) is 10.2 Å². The molecule has 2 aromatic rings. The van der Waals surface area contributed by atoms with Gasteiger partial charge in [0.1, 0.15) is 5.82 Å². The van der Waals surface area contributed by atoms with Gasteiger partial charge in [-0.25, -0.2) is 4.98 Å². The lowest BCUT2D eigenvalue weighted by Crippen LogP contribution is -2.05. The Bertz CT molecular complexity index is 524. The second-order valence-corrected chi connectivity index (χ2v) is 3.35. The van der Waals surface area contributed by atoms with Crippen LogP contribution in [0.2, 0.25) is 0 Å². The van der Waals surface area contributed by atoms with Crippen LogP contribution in [0.1, 0.15) is 5.56 Å². The monoisotopic (exact) mass is 234 g/mol. The van der Waals surface area contributed by atoms with Crippen LogP contribution in [-0.4, -0.2) is 9.91 Å². The van der Waals surface area contributed by atoms with Gasteiger partial charge in [-0.15, -0.1) is 0 Å². The molecule has 0 aliphatic carbocycles. The van der Waals surface area contributed by atoms with Crippen LogP contribution in [0.15, 0.2) is 35.1 Å². The second kappa shape index (κ2) is 4.52. The minimum Gasteiger partial charge on any atom is -0.472 e. The smallest absolute Gasteiger partial charge is 0.311 e. The molecule has 0 atom stereocenters. The van der Waals surface area contributed by atoms with Gasteiger partial charge in [-0.3, -0.25) is 10.1 Å². The highest BCUT2D eigenvalue weighted by molar-refractivity contribution is 5.59. The van der Waals surface area contributed by atoms with E-state index in [0.717, 1.165) is 5.56 Å². The Morgan fingerprint density at radius 1 is 1.47 bits per heavy atom. The molecule has 0 bridgehead atoms. The van der Waals surface area contributed by atoms with Crippen molar-refractivity contribution in [2.75, 3.05) is 11.1 Å². The summed E-state index contributed by atoms with van der Waals surface area (Å²) in [6.07, 6.45) is 3.07. The molecule has 0 spiro atoms. The highest BCUT2D eigenvalue weighted by atomic mass is 16.6. The number of anilines is 2. The summed E-state index contributed by atoms with van der Waals surface area (Å²) in [4.78, 5) is 14.1. The fraction of sp³-hybridized carbons (Fsp3) is 0.100. The zero-order valence-corrected chi connectivity index (χ0v) is 8.79. The number of pyridine rings is 1. The van der Waals surface area contributed by atoms with Crippen molar-refractivity contribution in [3.63, 3.8) is 0 Å². The summed E-state index contributed by atoms with van der Waals surface area (Å²) in [5.74, 6) is 0.376. The SMILES string of the molecule is Nc1ccc([N+](=O)[O-])c(NCc2ccoc2)n1. The maximum atomic E-state index is 10.8. The molecular formula is C10H10N4O3. The number of rotatable bonds is 4. The molecule has 7 heteroatoms. The number of nitrogens with two attached hydrogens (primary N) is 1. The molecule has 0 radical (unpaired) electrons. The maximum absolute atomic E-state index is 10.8. The maximum Gasteiger partial charge on any atom is 0.311 e. The van der Waals surface area contributed by atoms with E-state index in [-0.39, 0.29) is 17.3 Å². The van der Waals surface area contributed by atoms with Gasteiger partial charge in [0, 0.05) is 18.2 Å². The Labute approximate surface area is 96.4 Å². The molecule has 17 heavy (non-hydrogen) atoms. The van der Waals surface area contributed by atoms with Crippen LogP contribution < -0.4 is 11.1 Å². The molecule has 88 valence electrons. The third-order valence-electron chi connectivity index (χ3n) is 2.13. The molecule has 0 unspecified atom stereocenters. The van der Waals surface area contributed by atoms with Crippen LogP contribution in [0.4, 0.5) is 17.3 Å². The standard InChI is InChI=1S/C10H10N4O3/c11-9-2-1-8(14(15)16)10(13-9)12-5-7-3-4-17-6-7/h1-4,6H,5H2,(H3,11,12,13). The number of nitrogens with zero attached hydrogens (tertiary/aromatic N) is 2. The molecule has 0 saturated carbocycles. The Morgan fingerprint density at radius 2 is 2.29 bits per heavy atom. The van der Waals surface area contributed by atoms with Gasteiger partial charge >= 0.3 is 5.69 Å². The summed E-state index contributed by atoms with van der Waals surface area (Å²) in [6.45, 7) is 0.383. The first-order valence-electron chi connectivity index (χ1n) is 4.82. The highest BCUT2D eigenvalue weighted by Crippen LogP contribution is 2.23. The summed E-state index contributed by atoms with van der Waals surface area (Å²) < 4.78 is 4.89. The van der Waals surface area contributed by atoms with Crippen molar-refractivity contribution in [1.82, 2.24) is 4.98 Å². The van der Waals surface area contributed by atoms with Gasteiger partial charge in [-0.05, 0) is 12.1 Å². The van der Waals surface area contributed by atoms with Gasteiger partial charge in [-0.2, -0.15) is 0 Å². The Morgan fingerprint density at radius 3 is 2.94 bits per heavy atom. The third-order valence-corrected chi connectivity index (χ3v) is 2.13. The van der Waals surface area contributed by atoms with E-state index in [0.29, 0.717) is 6.54 Å². The van der Waals surface area contributed by atoms with Crippen molar-refractivity contribution in [2.45, 2.75) is 6.54 Å².